The highest BCUT2D eigenvalue weighted by Gasteiger charge is 2.06. The van der Waals surface area contributed by atoms with Gasteiger partial charge in [-0.15, -0.1) is 0 Å². The molecule has 0 fully saturated rings. The summed E-state index contributed by atoms with van der Waals surface area (Å²) in [6.45, 7) is 1.62. The molecule has 1 rings (SSSR count). The van der Waals surface area contributed by atoms with Gasteiger partial charge in [-0.3, -0.25) is 4.79 Å². The summed E-state index contributed by atoms with van der Waals surface area (Å²) in [6, 6.07) is 5.91. The lowest BCUT2D eigenvalue weighted by Crippen LogP contribution is -2.14. The van der Waals surface area contributed by atoms with E-state index in [0.29, 0.717) is 12.1 Å². The van der Waals surface area contributed by atoms with Crippen molar-refractivity contribution in [1.82, 2.24) is 0 Å². The van der Waals surface area contributed by atoms with E-state index in [4.69, 9.17) is 10.2 Å². The lowest BCUT2D eigenvalue weighted by Gasteiger charge is -2.06. The maximum absolute atomic E-state index is 11.4. The Hall–Kier alpha value is -1.88. The Morgan fingerprint density at radius 3 is 2.35 bits per heavy atom. The van der Waals surface area contributed by atoms with Crippen LogP contribution in [0.25, 0.3) is 0 Å². The number of aliphatic hydroxyl groups excluding tert-OH is 1. The Labute approximate surface area is 99.1 Å². The zero-order valence-corrected chi connectivity index (χ0v) is 9.51. The summed E-state index contributed by atoms with van der Waals surface area (Å²) in [5.41, 5.74) is 0.720. The number of carboxylic acid groups (broad SMARTS) is 1. The van der Waals surface area contributed by atoms with Crippen LogP contribution >= 0.6 is 0 Å². The molecule has 1 aromatic carbocycles. The second-order valence-electron chi connectivity index (χ2n) is 3.82. The van der Waals surface area contributed by atoms with Gasteiger partial charge in [0.25, 0.3) is 0 Å². The van der Waals surface area contributed by atoms with Gasteiger partial charge in [-0.25, -0.2) is 4.79 Å². The van der Waals surface area contributed by atoms with Crippen LogP contribution in [-0.2, 0) is 4.79 Å². The van der Waals surface area contributed by atoms with Crippen LogP contribution in [0.2, 0.25) is 0 Å². The van der Waals surface area contributed by atoms with E-state index in [9.17, 15) is 9.59 Å². The maximum Gasteiger partial charge on any atom is 0.335 e. The Kier molecular flexibility index (Phi) is 4.66. The molecular formula is C12H15NO4. The topological polar surface area (TPSA) is 86.6 Å². The summed E-state index contributed by atoms with van der Waals surface area (Å²) in [4.78, 5) is 22.0. The predicted octanol–water partition coefficient (Wildman–Crippen LogP) is 1.48. The van der Waals surface area contributed by atoms with E-state index in [1.807, 2.05) is 0 Å². The Morgan fingerprint density at radius 1 is 1.29 bits per heavy atom. The maximum atomic E-state index is 11.4. The van der Waals surface area contributed by atoms with Crippen LogP contribution in [-0.4, -0.2) is 28.2 Å². The first-order valence-corrected chi connectivity index (χ1v) is 5.30. The smallest absolute Gasteiger partial charge is 0.335 e. The first-order chi connectivity index (χ1) is 7.99. The van der Waals surface area contributed by atoms with Crippen molar-refractivity contribution in [2.24, 2.45) is 0 Å². The van der Waals surface area contributed by atoms with E-state index < -0.39 is 12.1 Å². The molecule has 0 aliphatic heterocycles. The fourth-order valence-electron chi connectivity index (χ4n) is 1.26. The zero-order valence-electron chi connectivity index (χ0n) is 9.51. The van der Waals surface area contributed by atoms with E-state index in [0.717, 1.165) is 0 Å². The van der Waals surface area contributed by atoms with Crippen LogP contribution < -0.4 is 5.32 Å². The Bertz CT molecular complexity index is 397. The highest BCUT2D eigenvalue weighted by atomic mass is 16.4. The number of amides is 1. The van der Waals surface area contributed by atoms with Gasteiger partial charge in [0.2, 0.25) is 5.91 Å². The molecule has 92 valence electrons. The van der Waals surface area contributed by atoms with Gasteiger partial charge in [-0.05, 0) is 37.6 Å². The lowest BCUT2D eigenvalue weighted by atomic mass is 10.2. The molecule has 0 bridgehead atoms. The van der Waals surface area contributed by atoms with Crippen molar-refractivity contribution < 1.29 is 19.8 Å². The first-order valence-electron chi connectivity index (χ1n) is 5.30. The third kappa shape index (κ3) is 4.65. The summed E-state index contributed by atoms with van der Waals surface area (Å²) in [6.07, 6.45) is 0.132. The molecule has 1 aromatic rings. The Morgan fingerprint density at radius 2 is 1.88 bits per heavy atom. The van der Waals surface area contributed by atoms with Gasteiger partial charge >= 0.3 is 5.97 Å². The van der Waals surface area contributed by atoms with Crippen LogP contribution in [0.1, 0.15) is 30.1 Å². The molecule has 0 saturated heterocycles. The molecular weight excluding hydrogens is 222 g/mol. The van der Waals surface area contributed by atoms with Crippen molar-refractivity contribution in [3.05, 3.63) is 29.8 Å². The van der Waals surface area contributed by atoms with Gasteiger partial charge in [0, 0.05) is 12.1 Å². The lowest BCUT2D eigenvalue weighted by molar-refractivity contribution is -0.116. The van der Waals surface area contributed by atoms with Crippen LogP contribution in [0.15, 0.2) is 24.3 Å². The van der Waals surface area contributed by atoms with Crippen molar-refractivity contribution in [1.29, 1.82) is 0 Å². The molecule has 0 saturated carbocycles. The zero-order chi connectivity index (χ0) is 12.8. The molecule has 1 amide bonds. The van der Waals surface area contributed by atoms with Gasteiger partial charge in [0.05, 0.1) is 11.7 Å². The molecule has 0 aromatic heterocycles. The average molecular weight is 237 g/mol. The molecule has 0 aliphatic carbocycles. The van der Waals surface area contributed by atoms with Crippen LogP contribution in [0.5, 0.6) is 0 Å². The van der Waals surface area contributed by atoms with E-state index in [-0.39, 0.29) is 17.9 Å². The number of aliphatic hydroxyl groups is 1. The summed E-state index contributed by atoms with van der Waals surface area (Å²) < 4.78 is 0. The highest BCUT2D eigenvalue weighted by molar-refractivity contribution is 5.92. The molecule has 0 heterocycles. The second-order valence-corrected chi connectivity index (χ2v) is 3.82. The molecule has 17 heavy (non-hydrogen) atoms. The number of nitrogens with one attached hydrogen (secondary N) is 1. The van der Waals surface area contributed by atoms with Crippen molar-refractivity contribution in [3.8, 4) is 0 Å². The SMILES string of the molecule is CC(O)CCC(=O)Nc1ccc(C(=O)O)cc1. The molecule has 1 unspecified atom stereocenters. The number of benzene rings is 1. The number of hydrogen-bond acceptors (Lipinski definition) is 3. The minimum absolute atomic E-state index is 0.173. The van der Waals surface area contributed by atoms with E-state index in [1.165, 1.54) is 24.3 Å². The van der Waals surface area contributed by atoms with Crippen molar-refractivity contribution in [2.75, 3.05) is 5.32 Å². The van der Waals surface area contributed by atoms with Gasteiger partial charge in [0.15, 0.2) is 0 Å². The monoisotopic (exact) mass is 237 g/mol. The highest BCUT2D eigenvalue weighted by Crippen LogP contribution is 2.10. The summed E-state index contributed by atoms with van der Waals surface area (Å²) in [7, 11) is 0. The number of rotatable bonds is 5. The normalized spacial score (nSPS) is 11.9. The molecule has 0 aliphatic rings. The van der Waals surface area contributed by atoms with E-state index >= 15 is 0 Å². The van der Waals surface area contributed by atoms with E-state index in [2.05, 4.69) is 5.32 Å². The first kappa shape index (κ1) is 13.2. The molecule has 5 heteroatoms. The molecule has 5 nitrogen and oxygen atoms in total. The van der Waals surface area contributed by atoms with Crippen molar-refractivity contribution in [2.45, 2.75) is 25.9 Å². The van der Waals surface area contributed by atoms with Crippen LogP contribution in [0, 0.1) is 0 Å². The van der Waals surface area contributed by atoms with Gasteiger partial charge in [0.1, 0.15) is 0 Å². The summed E-state index contributed by atoms with van der Waals surface area (Å²) in [5.74, 6) is -1.20. The standard InChI is InChI=1S/C12H15NO4/c1-8(14)2-7-11(15)13-10-5-3-9(4-6-10)12(16)17/h3-6,8,14H,2,7H2,1H3,(H,13,15)(H,16,17). The number of carbonyl (C=O) groups excluding carboxylic acids is 1. The predicted molar refractivity (Wildman–Crippen MR) is 62.9 cm³/mol. The minimum atomic E-state index is -1.00. The average Bonchev–Trinajstić information content (AvgIpc) is 2.27. The molecule has 1 atom stereocenters. The van der Waals surface area contributed by atoms with Crippen LogP contribution in [0.3, 0.4) is 0 Å². The fourth-order valence-corrected chi connectivity index (χ4v) is 1.26. The fraction of sp³-hybridized carbons (Fsp3) is 0.333. The van der Waals surface area contributed by atoms with Gasteiger partial charge in [-0.2, -0.15) is 0 Å². The number of carbonyl (C=O) groups is 2. The minimum Gasteiger partial charge on any atom is -0.478 e. The summed E-state index contributed by atoms with van der Waals surface area (Å²) in [5, 5.41) is 20.3. The molecule has 0 spiro atoms. The molecule has 3 N–H and O–H groups in total. The van der Waals surface area contributed by atoms with Gasteiger partial charge < -0.3 is 15.5 Å². The van der Waals surface area contributed by atoms with E-state index in [1.54, 1.807) is 6.92 Å². The number of aromatic carboxylic acids is 1. The van der Waals surface area contributed by atoms with Crippen molar-refractivity contribution >= 4 is 17.6 Å². The number of hydrogen-bond donors (Lipinski definition) is 3. The quantitative estimate of drug-likeness (QED) is 0.724. The third-order valence-corrected chi connectivity index (χ3v) is 2.20. The number of carboxylic acids is 1. The summed E-state index contributed by atoms with van der Waals surface area (Å²) >= 11 is 0. The third-order valence-electron chi connectivity index (χ3n) is 2.20. The molecule has 0 radical (unpaired) electrons. The number of anilines is 1. The van der Waals surface area contributed by atoms with Crippen molar-refractivity contribution in [3.63, 3.8) is 0 Å². The largest absolute Gasteiger partial charge is 0.478 e. The van der Waals surface area contributed by atoms with Crippen LogP contribution in [0.4, 0.5) is 5.69 Å². The van der Waals surface area contributed by atoms with Gasteiger partial charge in [-0.1, -0.05) is 0 Å². The Balaban J connectivity index is 2.51. The second kappa shape index (κ2) is 6.00.